The van der Waals surface area contributed by atoms with Gasteiger partial charge in [0, 0.05) is 7.05 Å². The van der Waals surface area contributed by atoms with Crippen LogP contribution in [-0.4, -0.2) is 33.6 Å². The van der Waals surface area contributed by atoms with Gasteiger partial charge in [0.1, 0.15) is 11.4 Å². The molecule has 2 heterocycles. The van der Waals surface area contributed by atoms with Crippen molar-refractivity contribution < 1.29 is 18.5 Å². The lowest BCUT2D eigenvalue weighted by atomic mass is 9.79. The molecule has 0 bridgehead atoms. The molecule has 1 amide bonds. The number of carbonyl (C=O) groups excluding carboxylic acids is 1. The van der Waals surface area contributed by atoms with E-state index in [1.54, 1.807) is 49.0 Å². The molecule has 0 radical (unpaired) electrons. The smallest absolute Gasteiger partial charge is 0.399 e. The summed E-state index contributed by atoms with van der Waals surface area (Å²) < 4.78 is 29.8. The molecule has 172 valence electrons. The number of rotatable bonds is 4. The molecule has 1 fully saturated rings. The third-order valence-corrected chi connectivity index (χ3v) is 6.55. The molecular weight excluding hydrogens is 424 g/mol. The lowest BCUT2D eigenvalue weighted by Gasteiger charge is -2.32. The minimum atomic E-state index is -0.719. The summed E-state index contributed by atoms with van der Waals surface area (Å²) in [5.41, 5.74) is -0.0558. The summed E-state index contributed by atoms with van der Waals surface area (Å²) >= 11 is 0. The van der Waals surface area contributed by atoms with Crippen LogP contribution in [0.3, 0.4) is 0 Å². The lowest BCUT2D eigenvalue weighted by Crippen LogP contribution is -2.41. The van der Waals surface area contributed by atoms with E-state index in [0.29, 0.717) is 16.8 Å². The molecule has 2 aromatic carbocycles. The summed E-state index contributed by atoms with van der Waals surface area (Å²) in [6, 6.07) is 13.4. The molecule has 0 saturated carbocycles. The highest BCUT2D eigenvalue weighted by Gasteiger charge is 2.51. The van der Waals surface area contributed by atoms with Crippen molar-refractivity contribution in [3.8, 4) is 5.69 Å². The highest BCUT2D eigenvalue weighted by atomic mass is 19.1. The van der Waals surface area contributed by atoms with Crippen LogP contribution in [0.5, 0.6) is 0 Å². The van der Waals surface area contributed by atoms with Crippen molar-refractivity contribution in [2.24, 2.45) is 7.05 Å². The molecule has 0 spiro atoms. The van der Waals surface area contributed by atoms with Crippen molar-refractivity contribution in [2.45, 2.75) is 45.8 Å². The van der Waals surface area contributed by atoms with E-state index in [9.17, 15) is 14.0 Å². The molecule has 0 unspecified atom stereocenters. The molecule has 3 aromatic rings. The van der Waals surface area contributed by atoms with Crippen LogP contribution in [0.25, 0.3) is 5.69 Å². The Morgan fingerprint density at radius 1 is 1.03 bits per heavy atom. The van der Waals surface area contributed by atoms with E-state index in [1.165, 1.54) is 16.8 Å². The fourth-order valence-corrected chi connectivity index (χ4v) is 3.77. The molecule has 1 aliphatic rings. The predicted molar refractivity (Wildman–Crippen MR) is 126 cm³/mol. The van der Waals surface area contributed by atoms with Gasteiger partial charge in [0.2, 0.25) is 0 Å². The number of aromatic nitrogens is 2. The van der Waals surface area contributed by atoms with Gasteiger partial charge < -0.3 is 14.6 Å². The van der Waals surface area contributed by atoms with Crippen LogP contribution in [-0.2, 0) is 16.4 Å². The number of hydrogen-bond acceptors (Lipinski definition) is 4. The largest absolute Gasteiger partial charge is 0.494 e. The maximum atomic E-state index is 14.9. The average molecular weight is 451 g/mol. The number of hydrogen-bond donors (Lipinski definition) is 1. The SMILES string of the molecule is Cc1c(C(=O)Nc2ccc(B3OC(C)(C)C(C)(C)O3)cc2F)c(=O)n(-c2ccccc2)n1C. The van der Waals surface area contributed by atoms with Gasteiger partial charge in [-0.25, -0.2) is 9.07 Å². The first-order valence-corrected chi connectivity index (χ1v) is 10.7. The highest BCUT2D eigenvalue weighted by molar-refractivity contribution is 6.62. The molecule has 0 atom stereocenters. The Labute approximate surface area is 192 Å². The zero-order valence-corrected chi connectivity index (χ0v) is 19.6. The van der Waals surface area contributed by atoms with Gasteiger partial charge in [0.25, 0.3) is 11.5 Å². The van der Waals surface area contributed by atoms with Gasteiger partial charge in [0.15, 0.2) is 0 Å². The number of anilines is 1. The fourth-order valence-electron chi connectivity index (χ4n) is 3.77. The van der Waals surface area contributed by atoms with Crippen LogP contribution in [0.15, 0.2) is 53.3 Å². The molecule has 1 N–H and O–H groups in total. The number of halogens is 1. The fraction of sp³-hybridized carbons (Fsp3) is 0.333. The number of nitrogens with zero attached hydrogens (tertiary/aromatic N) is 2. The maximum Gasteiger partial charge on any atom is 0.494 e. The number of nitrogens with one attached hydrogen (secondary N) is 1. The van der Waals surface area contributed by atoms with E-state index in [0.717, 1.165) is 0 Å². The molecule has 9 heteroatoms. The summed E-state index contributed by atoms with van der Waals surface area (Å²) in [7, 11) is 0.976. The van der Waals surface area contributed by atoms with Crippen molar-refractivity contribution in [1.29, 1.82) is 0 Å². The molecular formula is C24H27BFN3O4. The minimum Gasteiger partial charge on any atom is -0.399 e. The van der Waals surface area contributed by atoms with E-state index in [4.69, 9.17) is 9.31 Å². The van der Waals surface area contributed by atoms with E-state index in [1.807, 2.05) is 33.8 Å². The predicted octanol–water partition coefficient (Wildman–Crippen LogP) is 3.18. The number of carbonyl (C=O) groups is 1. The van der Waals surface area contributed by atoms with Crippen LogP contribution in [0, 0.1) is 12.7 Å². The third-order valence-electron chi connectivity index (χ3n) is 6.55. The third kappa shape index (κ3) is 3.91. The molecule has 7 nitrogen and oxygen atoms in total. The standard InChI is InChI=1S/C24H27BFN3O4/c1-15-20(22(31)29(28(15)6)17-10-8-7-9-11-17)21(30)27-19-13-12-16(14-18(19)26)25-32-23(2,3)24(4,5)33-25/h7-14H,1-6H3,(H,27,30). The second-order valence-electron chi connectivity index (χ2n) is 9.22. The summed E-state index contributed by atoms with van der Waals surface area (Å²) in [6.45, 7) is 9.35. The van der Waals surface area contributed by atoms with E-state index < -0.39 is 35.6 Å². The minimum absolute atomic E-state index is 0.0332. The van der Waals surface area contributed by atoms with Gasteiger partial charge >= 0.3 is 7.12 Å². The molecule has 1 aliphatic heterocycles. The summed E-state index contributed by atoms with van der Waals surface area (Å²) in [6.07, 6.45) is 0. The lowest BCUT2D eigenvalue weighted by molar-refractivity contribution is 0.00578. The van der Waals surface area contributed by atoms with Gasteiger partial charge in [-0.2, -0.15) is 0 Å². The van der Waals surface area contributed by atoms with Crippen molar-refractivity contribution in [1.82, 2.24) is 9.36 Å². The Morgan fingerprint density at radius 2 is 1.64 bits per heavy atom. The van der Waals surface area contributed by atoms with Crippen molar-refractivity contribution in [2.75, 3.05) is 5.32 Å². The first-order chi connectivity index (χ1) is 15.4. The van der Waals surface area contributed by atoms with Gasteiger partial charge in [-0.3, -0.25) is 14.3 Å². The molecule has 1 saturated heterocycles. The van der Waals surface area contributed by atoms with E-state index in [2.05, 4.69) is 5.32 Å². The Balaban J connectivity index is 1.60. The topological polar surface area (TPSA) is 74.5 Å². The number of benzene rings is 2. The summed E-state index contributed by atoms with van der Waals surface area (Å²) in [5, 5.41) is 2.53. The first-order valence-electron chi connectivity index (χ1n) is 10.7. The van der Waals surface area contributed by atoms with Crippen molar-refractivity contribution >= 4 is 24.2 Å². The monoisotopic (exact) mass is 451 g/mol. The molecule has 1 aromatic heterocycles. The molecule has 0 aliphatic carbocycles. The van der Waals surface area contributed by atoms with Gasteiger partial charge in [-0.15, -0.1) is 0 Å². The van der Waals surface area contributed by atoms with Crippen LogP contribution >= 0.6 is 0 Å². The maximum absolute atomic E-state index is 14.9. The number of amides is 1. The van der Waals surface area contributed by atoms with Crippen molar-refractivity contribution in [3.63, 3.8) is 0 Å². The first kappa shape index (κ1) is 23.0. The summed E-state index contributed by atoms with van der Waals surface area (Å²) in [5.74, 6) is -1.32. The quantitative estimate of drug-likeness (QED) is 0.619. The van der Waals surface area contributed by atoms with Crippen molar-refractivity contribution in [3.05, 3.63) is 76.0 Å². The second kappa shape index (κ2) is 8.00. The normalized spacial score (nSPS) is 16.8. The second-order valence-corrected chi connectivity index (χ2v) is 9.22. The highest BCUT2D eigenvalue weighted by Crippen LogP contribution is 2.36. The Bertz CT molecular complexity index is 1260. The summed E-state index contributed by atoms with van der Waals surface area (Å²) in [4.78, 5) is 26.0. The Kier molecular flexibility index (Phi) is 5.58. The van der Waals surface area contributed by atoms with Crippen LogP contribution in [0.1, 0.15) is 43.7 Å². The van der Waals surface area contributed by atoms with Crippen LogP contribution < -0.4 is 16.3 Å². The average Bonchev–Trinajstić information content (AvgIpc) is 3.11. The van der Waals surface area contributed by atoms with Gasteiger partial charge in [0.05, 0.1) is 28.3 Å². The number of para-hydroxylation sites is 1. The molecule has 33 heavy (non-hydrogen) atoms. The molecule has 4 rings (SSSR count). The zero-order chi connectivity index (χ0) is 24.1. The van der Waals surface area contributed by atoms with Gasteiger partial charge in [-0.1, -0.05) is 24.3 Å². The van der Waals surface area contributed by atoms with E-state index in [-0.39, 0.29) is 11.3 Å². The Hall–Kier alpha value is -3.17. The zero-order valence-electron chi connectivity index (χ0n) is 19.6. The van der Waals surface area contributed by atoms with Crippen LogP contribution in [0.2, 0.25) is 0 Å². The van der Waals surface area contributed by atoms with Gasteiger partial charge in [-0.05, 0) is 64.3 Å². The van der Waals surface area contributed by atoms with Crippen LogP contribution in [0.4, 0.5) is 10.1 Å². The Morgan fingerprint density at radius 3 is 2.21 bits per heavy atom. The van der Waals surface area contributed by atoms with E-state index >= 15 is 0 Å².